The second-order valence-electron chi connectivity index (χ2n) is 4.93. The van der Waals surface area contributed by atoms with E-state index in [1.807, 2.05) is 0 Å². The molecule has 0 spiro atoms. The van der Waals surface area contributed by atoms with Gasteiger partial charge in [0, 0.05) is 16.7 Å². The van der Waals surface area contributed by atoms with Crippen LogP contribution in [0.4, 0.5) is 10.1 Å². The maximum atomic E-state index is 13.0. The maximum Gasteiger partial charge on any atom is 0.124 e. The minimum atomic E-state index is -0.215. The predicted molar refractivity (Wildman–Crippen MR) is 79.9 cm³/mol. The van der Waals surface area contributed by atoms with Crippen LogP contribution in [-0.2, 0) is 19.4 Å². The van der Waals surface area contributed by atoms with Crippen molar-refractivity contribution in [2.45, 2.75) is 25.8 Å². The Labute approximate surface area is 121 Å². The van der Waals surface area contributed by atoms with Crippen LogP contribution >= 0.6 is 15.9 Å². The lowest BCUT2D eigenvalue weighted by atomic mass is 10.1. The summed E-state index contributed by atoms with van der Waals surface area (Å²) in [4.78, 5) is 0. The highest BCUT2D eigenvalue weighted by Crippen LogP contribution is 2.26. The first kappa shape index (κ1) is 12.7. The van der Waals surface area contributed by atoms with Gasteiger partial charge < -0.3 is 5.32 Å². The third-order valence-electron chi connectivity index (χ3n) is 3.60. The molecule has 1 N–H and O–H groups in total. The Hall–Kier alpha value is -1.35. The fourth-order valence-electron chi connectivity index (χ4n) is 2.54. The van der Waals surface area contributed by atoms with Gasteiger partial charge in [-0.05, 0) is 60.2 Å². The van der Waals surface area contributed by atoms with E-state index >= 15 is 0 Å². The lowest BCUT2D eigenvalue weighted by Gasteiger charge is -2.10. The monoisotopic (exact) mass is 319 g/mol. The van der Waals surface area contributed by atoms with Crippen molar-refractivity contribution in [3.05, 3.63) is 63.4 Å². The minimum absolute atomic E-state index is 0.215. The van der Waals surface area contributed by atoms with E-state index in [-0.39, 0.29) is 5.82 Å². The third kappa shape index (κ3) is 2.81. The summed E-state index contributed by atoms with van der Waals surface area (Å²) in [5.74, 6) is -0.215. The van der Waals surface area contributed by atoms with Gasteiger partial charge in [0.15, 0.2) is 0 Å². The van der Waals surface area contributed by atoms with E-state index in [1.54, 1.807) is 6.07 Å². The van der Waals surface area contributed by atoms with Gasteiger partial charge in [-0.3, -0.25) is 0 Å². The molecule has 1 aliphatic carbocycles. The summed E-state index contributed by atoms with van der Waals surface area (Å²) >= 11 is 3.39. The van der Waals surface area contributed by atoms with E-state index in [9.17, 15) is 4.39 Å². The van der Waals surface area contributed by atoms with Crippen LogP contribution < -0.4 is 5.32 Å². The quantitative estimate of drug-likeness (QED) is 0.865. The van der Waals surface area contributed by atoms with Gasteiger partial charge in [-0.1, -0.05) is 28.1 Å². The van der Waals surface area contributed by atoms with Gasteiger partial charge in [0.2, 0.25) is 0 Å². The van der Waals surface area contributed by atoms with E-state index in [0.29, 0.717) is 6.54 Å². The Morgan fingerprint density at radius 2 is 1.89 bits per heavy atom. The average molecular weight is 320 g/mol. The van der Waals surface area contributed by atoms with E-state index in [0.717, 1.165) is 15.7 Å². The second-order valence-corrected chi connectivity index (χ2v) is 5.78. The largest absolute Gasteiger partial charge is 0.381 e. The molecular formula is C16H15BrFN. The Morgan fingerprint density at radius 3 is 2.74 bits per heavy atom. The number of fused-ring (bicyclic) bond motifs is 1. The molecule has 0 amide bonds. The van der Waals surface area contributed by atoms with Crippen LogP contribution in [0.1, 0.15) is 23.1 Å². The van der Waals surface area contributed by atoms with Gasteiger partial charge in [-0.15, -0.1) is 0 Å². The number of benzene rings is 2. The molecule has 0 saturated heterocycles. The molecule has 2 aromatic rings. The number of aryl methyl sites for hydroxylation is 2. The summed E-state index contributed by atoms with van der Waals surface area (Å²) in [6.45, 7) is 0.694. The summed E-state index contributed by atoms with van der Waals surface area (Å²) in [7, 11) is 0. The van der Waals surface area contributed by atoms with Gasteiger partial charge in [0.1, 0.15) is 5.82 Å². The second kappa shape index (κ2) is 5.33. The summed E-state index contributed by atoms with van der Waals surface area (Å²) in [5, 5.41) is 3.40. The SMILES string of the molecule is Fc1ccc(CNc2ccc3c(c2)CCC3)c(Br)c1. The first-order chi connectivity index (χ1) is 9.22. The smallest absolute Gasteiger partial charge is 0.124 e. The number of nitrogens with one attached hydrogen (secondary N) is 1. The van der Waals surface area contributed by atoms with Gasteiger partial charge in [0.25, 0.3) is 0 Å². The number of halogens is 2. The molecule has 98 valence electrons. The van der Waals surface area contributed by atoms with E-state index in [4.69, 9.17) is 0 Å². The molecule has 0 bridgehead atoms. The molecule has 1 aliphatic rings. The zero-order valence-electron chi connectivity index (χ0n) is 10.5. The zero-order chi connectivity index (χ0) is 13.2. The lowest BCUT2D eigenvalue weighted by Crippen LogP contribution is -2.01. The number of rotatable bonds is 3. The Bertz CT molecular complexity index is 610. The fraction of sp³-hybridized carbons (Fsp3) is 0.250. The Kier molecular flexibility index (Phi) is 3.56. The number of anilines is 1. The van der Waals surface area contributed by atoms with Crippen LogP contribution in [0.2, 0.25) is 0 Å². The predicted octanol–water partition coefficient (Wildman–Crippen LogP) is 4.69. The van der Waals surface area contributed by atoms with Crippen LogP contribution in [-0.4, -0.2) is 0 Å². The maximum absolute atomic E-state index is 13.0. The van der Waals surface area contributed by atoms with Gasteiger partial charge in [-0.2, -0.15) is 0 Å². The van der Waals surface area contributed by atoms with Gasteiger partial charge >= 0.3 is 0 Å². The molecule has 0 fully saturated rings. The highest BCUT2D eigenvalue weighted by molar-refractivity contribution is 9.10. The van der Waals surface area contributed by atoms with Crippen molar-refractivity contribution < 1.29 is 4.39 Å². The van der Waals surface area contributed by atoms with Crippen LogP contribution in [0.25, 0.3) is 0 Å². The van der Waals surface area contributed by atoms with E-state index < -0.39 is 0 Å². The molecule has 0 unspecified atom stereocenters. The average Bonchev–Trinajstić information content (AvgIpc) is 2.85. The normalized spacial score (nSPS) is 13.4. The highest BCUT2D eigenvalue weighted by Gasteiger charge is 2.10. The molecule has 3 rings (SSSR count). The molecule has 0 radical (unpaired) electrons. The fourth-order valence-corrected chi connectivity index (χ4v) is 3.04. The van der Waals surface area contributed by atoms with E-state index in [1.165, 1.54) is 42.5 Å². The summed E-state index contributed by atoms with van der Waals surface area (Å²) in [6, 6.07) is 11.4. The van der Waals surface area contributed by atoms with Crippen molar-refractivity contribution in [3.63, 3.8) is 0 Å². The van der Waals surface area contributed by atoms with Crippen LogP contribution in [0, 0.1) is 5.82 Å². The molecule has 0 aromatic heterocycles. The Balaban J connectivity index is 1.72. The third-order valence-corrected chi connectivity index (χ3v) is 4.33. The Morgan fingerprint density at radius 1 is 1.05 bits per heavy atom. The molecule has 0 saturated carbocycles. The number of hydrogen-bond donors (Lipinski definition) is 1. The lowest BCUT2D eigenvalue weighted by molar-refractivity contribution is 0.626. The molecule has 2 aromatic carbocycles. The molecule has 0 aliphatic heterocycles. The molecule has 0 heterocycles. The zero-order valence-corrected chi connectivity index (χ0v) is 12.1. The summed E-state index contributed by atoms with van der Waals surface area (Å²) < 4.78 is 13.8. The molecule has 1 nitrogen and oxygen atoms in total. The summed E-state index contributed by atoms with van der Waals surface area (Å²) in [6.07, 6.45) is 3.66. The van der Waals surface area contributed by atoms with Gasteiger partial charge in [0.05, 0.1) is 0 Å². The van der Waals surface area contributed by atoms with Crippen LogP contribution in [0.15, 0.2) is 40.9 Å². The van der Waals surface area contributed by atoms with Crippen molar-refractivity contribution in [2.24, 2.45) is 0 Å². The first-order valence-electron chi connectivity index (χ1n) is 6.52. The van der Waals surface area contributed by atoms with Crippen molar-refractivity contribution in [3.8, 4) is 0 Å². The molecule has 0 atom stereocenters. The molecular weight excluding hydrogens is 305 g/mol. The van der Waals surface area contributed by atoms with E-state index in [2.05, 4.69) is 39.4 Å². The van der Waals surface area contributed by atoms with Crippen LogP contribution in [0.5, 0.6) is 0 Å². The van der Waals surface area contributed by atoms with Crippen molar-refractivity contribution in [1.82, 2.24) is 0 Å². The van der Waals surface area contributed by atoms with Crippen molar-refractivity contribution in [1.29, 1.82) is 0 Å². The summed E-state index contributed by atoms with van der Waals surface area (Å²) in [5.41, 5.74) is 5.13. The first-order valence-corrected chi connectivity index (χ1v) is 7.31. The minimum Gasteiger partial charge on any atom is -0.381 e. The standard InChI is InChI=1S/C16H15BrFN/c17-16-9-14(18)6-4-13(16)10-19-15-7-5-11-2-1-3-12(11)8-15/h4-9,19H,1-3,10H2. The molecule has 3 heteroatoms. The molecule has 19 heavy (non-hydrogen) atoms. The highest BCUT2D eigenvalue weighted by atomic mass is 79.9. The van der Waals surface area contributed by atoms with Crippen LogP contribution in [0.3, 0.4) is 0 Å². The number of hydrogen-bond acceptors (Lipinski definition) is 1. The topological polar surface area (TPSA) is 12.0 Å². The van der Waals surface area contributed by atoms with Gasteiger partial charge in [-0.25, -0.2) is 4.39 Å². The van der Waals surface area contributed by atoms with Crippen molar-refractivity contribution in [2.75, 3.05) is 5.32 Å². The van der Waals surface area contributed by atoms with Crippen molar-refractivity contribution >= 4 is 21.6 Å².